The molecule has 4 nitrogen and oxygen atoms in total. The molecule has 0 spiro atoms. The first-order valence-electron chi connectivity index (χ1n) is 6.91. The minimum atomic E-state index is -0.301. The van der Waals surface area contributed by atoms with Crippen molar-refractivity contribution >= 4 is 27.8 Å². The van der Waals surface area contributed by atoms with E-state index in [4.69, 9.17) is 9.47 Å². The molecule has 23 heavy (non-hydrogen) atoms. The number of rotatable bonds is 3. The summed E-state index contributed by atoms with van der Waals surface area (Å²) < 4.78 is 11.4. The first-order chi connectivity index (χ1) is 11.1. The summed E-state index contributed by atoms with van der Waals surface area (Å²) in [6.07, 6.45) is 1.55. The van der Waals surface area contributed by atoms with Gasteiger partial charge in [-0.1, -0.05) is 23.8 Å². The van der Waals surface area contributed by atoms with Crippen molar-refractivity contribution in [1.82, 2.24) is 0 Å². The molecule has 5 heteroatoms. The highest BCUT2D eigenvalue weighted by atomic mass is 79.9. The number of nitriles is 1. The molecule has 1 aliphatic heterocycles. The van der Waals surface area contributed by atoms with Crippen molar-refractivity contribution in [3.05, 3.63) is 63.1 Å². The molecule has 0 fully saturated rings. The molecular formula is C18H12BrNO3. The summed E-state index contributed by atoms with van der Waals surface area (Å²) in [5.41, 5.74) is 2.23. The summed E-state index contributed by atoms with van der Waals surface area (Å²) in [6, 6.07) is 12.7. The van der Waals surface area contributed by atoms with Gasteiger partial charge in [-0.25, -0.2) is 0 Å². The molecule has 2 aromatic carbocycles. The van der Waals surface area contributed by atoms with Gasteiger partial charge in [-0.3, -0.25) is 4.79 Å². The molecule has 3 rings (SSSR count). The van der Waals surface area contributed by atoms with E-state index in [1.165, 1.54) is 0 Å². The Labute approximate surface area is 142 Å². The lowest BCUT2D eigenvalue weighted by atomic mass is 10.0. The van der Waals surface area contributed by atoms with Crippen molar-refractivity contribution in [2.75, 3.05) is 6.79 Å². The summed E-state index contributed by atoms with van der Waals surface area (Å²) >= 11 is 3.40. The number of hydrogen-bond acceptors (Lipinski definition) is 4. The topological polar surface area (TPSA) is 59.3 Å². The molecule has 0 N–H and O–H groups in total. The third-order valence-electron chi connectivity index (χ3n) is 3.41. The fourth-order valence-electron chi connectivity index (χ4n) is 2.33. The van der Waals surface area contributed by atoms with Crippen LogP contribution in [0.2, 0.25) is 0 Å². The number of ketones is 1. The lowest BCUT2D eigenvalue weighted by Crippen LogP contribution is -2.02. The summed E-state index contributed by atoms with van der Waals surface area (Å²) in [6.45, 7) is 2.07. The Kier molecular flexibility index (Phi) is 4.18. The van der Waals surface area contributed by atoms with Crippen molar-refractivity contribution in [1.29, 1.82) is 5.26 Å². The Morgan fingerprint density at radius 1 is 1.30 bits per heavy atom. The lowest BCUT2D eigenvalue weighted by molar-refractivity contribution is 0.104. The summed E-state index contributed by atoms with van der Waals surface area (Å²) in [5.74, 6) is 0.918. The van der Waals surface area contributed by atoms with Crippen LogP contribution in [0, 0.1) is 18.3 Å². The number of ether oxygens (including phenoxy) is 2. The van der Waals surface area contributed by atoms with Crippen LogP contribution in [0.5, 0.6) is 11.5 Å². The van der Waals surface area contributed by atoms with Gasteiger partial charge in [0.25, 0.3) is 0 Å². The second-order valence-electron chi connectivity index (χ2n) is 5.10. The molecule has 0 unspecified atom stereocenters. The van der Waals surface area contributed by atoms with Crippen LogP contribution in [0.25, 0.3) is 6.08 Å². The van der Waals surface area contributed by atoms with E-state index in [1.807, 2.05) is 19.1 Å². The van der Waals surface area contributed by atoms with E-state index < -0.39 is 0 Å². The van der Waals surface area contributed by atoms with Crippen molar-refractivity contribution in [2.24, 2.45) is 0 Å². The fraction of sp³-hybridized carbons (Fsp3) is 0.111. The molecular weight excluding hydrogens is 358 g/mol. The second-order valence-corrected chi connectivity index (χ2v) is 5.96. The average molecular weight is 370 g/mol. The van der Waals surface area contributed by atoms with E-state index in [0.717, 1.165) is 10.0 Å². The zero-order chi connectivity index (χ0) is 16.4. The predicted octanol–water partition coefficient (Wildman–Crippen LogP) is 4.28. The van der Waals surface area contributed by atoms with Crippen molar-refractivity contribution in [2.45, 2.75) is 6.92 Å². The van der Waals surface area contributed by atoms with Crippen LogP contribution in [-0.2, 0) is 0 Å². The van der Waals surface area contributed by atoms with Crippen molar-refractivity contribution < 1.29 is 14.3 Å². The second kappa shape index (κ2) is 6.27. The van der Waals surface area contributed by atoms with E-state index >= 15 is 0 Å². The Balaban J connectivity index is 1.98. The van der Waals surface area contributed by atoms with E-state index in [2.05, 4.69) is 15.9 Å². The molecule has 1 heterocycles. The maximum atomic E-state index is 12.5. The molecule has 0 aromatic heterocycles. The smallest absolute Gasteiger partial charge is 0.231 e. The van der Waals surface area contributed by atoms with E-state index in [0.29, 0.717) is 22.6 Å². The highest BCUT2D eigenvalue weighted by Crippen LogP contribution is 2.40. The maximum Gasteiger partial charge on any atom is 0.231 e. The number of carbonyl (C=O) groups excluding carboxylic acids is 1. The molecule has 114 valence electrons. The Morgan fingerprint density at radius 3 is 2.87 bits per heavy atom. The van der Waals surface area contributed by atoms with Gasteiger partial charge >= 0.3 is 0 Å². The number of aryl methyl sites for hydroxylation is 1. The predicted molar refractivity (Wildman–Crippen MR) is 89.4 cm³/mol. The van der Waals surface area contributed by atoms with Gasteiger partial charge in [0.1, 0.15) is 11.6 Å². The zero-order valence-corrected chi connectivity index (χ0v) is 13.9. The SMILES string of the molecule is Cc1cccc(C(=O)/C(C#N)=C/c2cc(Br)c3c(c2)OCO3)c1. The Hall–Kier alpha value is -2.58. The maximum absolute atomic E-state index is 12.5. The highest BCUT2D eigenvalue weighted by Gasteiger charge is 2.18. The highest BCUT2D eigenvalue weighted by molar-refractivity contribution is 9.10. The molecule has 0 saturated carbocycles. The van der Waals surface area contributed by atoms with Gasteiger partial charge in [-0.2, -0.15) is 5.26 Å². The first-order valence-corrected chi connectivity index (χ1v) is 7.70. The van der Waals surface area contributed by atoms with Gasteiger partial charge in [-0.15, -0.1) is 0 Å². The van der Waals surface area contributed by atoms with Crippen LogP contribution in [0.1, 0.15) is 21.5 Å². The Morgan fingerprint density at radius 2 is 2.13 bits per heavy atom. The third kappa shape index (κ3) is 3.13. The van der Waals surface area contributed by atoms with Crippen LogP contribution in [0.4, 0.5) is 0 Å². The molecule has 2 aromatic rings. The van der Waals surface area contributed by atoms with Gasteiger partial charge in [-0.05, 0) is 52.7 Å². The third-order valence-corrected chi connectivity index (χ3v) is 3.99. The van der Waals surface area contributed by atoms with Crippen LogP contribution >= 0.6 is 15.9 Å². The summed E-state index contributed by atoms with van der Waals surface area (Å²) in [5, 5.41) is 9.34. The molecule has 0 aliphatic carbocycles. The number of halogens is 1. The molecule has 1 aliphatic rings. The number of allylic oxidation sites excluding steroid dienone is 1. The molecule has 0 bridgehead atoms. The Bertz CT molecular complexity index is 865. The number of carbonyl (C=O) groups is 1. The quantitative estimate of drug-likeness (QED) is 0.460. The standard InChI is InChI=1S/C18H12BrNO3/c1-11-3-2-4-13(5-11)17(21)14(9-20)6-12-7-15(19)18-16(8-12)22-10-23-18/h2-8H,10H2,1H3/b14-6+. The summed E-state index contributed by atoms with van der Waals surface area (Å²) in [7, 11) is 0. The number of benzene rings is 2. The minimum Gasteiger partial charge on any atom is -0.454 e. The fourth-order valence-corrected chi connectivity index (χ4v) is 2.90. The van der Waals surface area contributed by atoms with Gasteiger partial charge in [0.05, 0.1) is 4.47 Å². The van der Waals surface area contributed by atoms with Crippen LogP contribution in [0.15, 0.2) is 46.4 Å². The van der Waals surface area contributed by atoms with Gasteiger partial charge in [0.2, 0.25) is 12.6 Å². The van der Waals surface area contributed by atoms with Crippen LogP contribution < -0.4 is 9.47 Å². The van der Waals surface area contributed by atoms with Gasteiger partial charge < -0.3 is 9.47 Å². The average Bonchev–Trinajstić information content (AvgIpc) is 3.01. The lowest BCUT2D eigenvalue weighted by Gasteiger charge is -2.04. The molecule has 0 atom stereocenters. The minimum absolute atomic E-state index is 0.0707. The molecule has 0 amide bonds. The van der Waals surface area contributed by atoms with Gasteiger partial charge in [0, 0.05) is 5.56 Å². The normalized spacial score (nSPS) is 12.8. The monoisotopic (exact) mass is 369 g/mol. The number of hydrogen-bond donors (Lipinski definition) is 0. The number of Topliss-reactive ketones (excluding diaryl/α,β-unsaturated/α-hetero) is 1. The van der Waals surface area contributed by atoms with Crippen LogP contribution in [0.3, 0.4) is 0 Å². The van der Waals surface area contributed by atoms with E-state index in [9.17, 15) is 10.1 Å². The number of nitrogens with zero attached hydrogens (tertiary/aromatic N) is 1. The van der Waals surface area contributed by atoms with E-state index in [-0.39, 0.29) is 18.1 Å². The largest absolute Gasteiger partial charge is 0.454 e. The molecule has 0 saturated heterocycles. The van der Waals surface area contributed by atoms with Crippen molar-refractivity contribution in [3.63, 3.8) is 0 Å². The summed E-state index contributed by atoms with van der Waals surface area (Å²) in [4.78, 5) is 12.5. The van der Waals surface area contributed by atoms with Gasteiger partial charge in [0.15, 0.2) is 11.5 Å². The zero-order valence-electron chi connectivity index (χ0n) is 12.3. The molecule has 0 radical (unpaired) electrons. The van der Waals surface area contributed by atoms with Crippen LogP contribution in [-0.4, -0.2) is 12.6 Å². The van der Waals surface area contributed by atoms with E-state index in [1.54, 1.807) is 36.4 Å². The van der Waals surface area contributed by atoms with Crippen molar-refractivity contribution in [3.8, 4) is 17.6 Å². The first kappa shape index (κ1) is 15.3. The number of fused-ring (bicyclic) bond motifs is 1.